The van der Waals surface area contributed by atoms with E-state index in [0.717, 1.165) is 42.4 Å². The van der Waals surface area contributed by atoms with Gasteiger partial charge < -0.3 is 23.8 Å². The lowest BCUT2D eigenvalue weighted by Crippen LogP contribution is -2.58. The van der Waals surface area contributed by atoms with Gasteiger partial charge in [-0.1, -0.05) is 19.1 Å². The van der Waals surface area contributed by atoms with Crippen LogP contribution in [0.4, 0.5) is 13.2 Å². The molecule has 6 atom stereocenters. The van der Waals surface area contributed by atoms with E-state index in [9.17, 15) is 32.3 Å². The highest BCUT2D eigenvalue weighted by Gasteiger charge is 2.53. The van der Waals surface area contributed by atoms with Crippen molar-refractivity contribution in [3.8, 4) is 11.3 Å². The Hall–Kier alpha value is -3.66. The van der Waals surface area contributed by atoms with Crippen LogP contribution in [-0.2, 0) is 38.1 Å². The number of ether oxygens (including phenoxy) is 4. The first-order chi connectivity index (χ1) is 20.6. The fraction of sp³-hybridized carbons (Fsp3) is 0.571. The molecule has 0 aliphatic carbocycles. The van der Waals surface area contributed by atoms with Gasteiger partial charge in [-0.3, -0.25) is 19.2 Å². The van der Waals surface area contributed by atoms with Crippen LogP contribution in [0.3, 0.4) is 0 Å². The minimum atomic E-state index is -1.66. The van der Waals surface area contributed by atoms with Gasteiger partial charge in [0.05, 0.1) is 11.4 Å². The molecule has 242 valence electrons. The molecular weight excluding hydrogens is 609 g/mol. The van der Waals surface area contributed by atoms with Crippen LogP contribution < -0.4 is 0 Å². The van der Waals surface area contributed by atoms with E-state index in [0.29, 0.717) is 6.54 Å². The number of carbonyl (C=O) groups is 4. The number of halogens is 3. The predicted octanol–water partition coefficient (Wildman–Crippen LogP) is 3.29. The zero-order valence-electron chi connectivity index (χ0n) is 25.3. The molecule has 16 heteroatoms. The Labute approximate surface area is 256 Å². The van der Waals surface area contributed by atoms with Crippen LogP contribution in [0.2, 0.25) is 0 Å². The number of carbonyl (C=O) groups excluding carboxylic acids is 4. The zero-order chi connectivity index (χ0) is 32.9. The SMILES string of the molecule is CCN(C)C(=O)C(S[C@@H]1O[C@H](COC(C)=O)[C@H](OC(C)=O)[C@H](n2cc(-c3cc(F)c(F)c(F)c3)nn2)[C@H]1OC(C)=O)C(C)C. The highest BCUT2D eigenvalue weighted by molar-refractivity contribution is 8.01. The normalized spacial score (nSPS) is 22.3. The molecule has 1 aromatic heterocycles. The summed E-state index contributed by atoms with van der Waals surface area (Å²) in [5, 5.41) is 7.34. The fourth-order valence-corrected chi connectivity index (χ4v) is 6.05. The Morgan fingerprint density at radius 1 is 1.02 bits per heavy atom. The van der Waals surface area contributed by atoms with Crippen LogP contribution in [-0.4, -0.2) is 92.9 Å². The summed E-state index contributed by atoms with van der Waals surface area (Å²) in [6, 6.07) is 0.266. The highest BCUT2D eigenvalue weighted by Crippen LogP contribution is 2.42. The molecule has 1 aliphatic rings. The van der Waals surface area contributed by atoms with E-state index in [-0.39, 0.29) is 23.1 Å². The molecule has 2 aromatic rings. The van der Waals surface area contributed by atoms with E-state index in [4.69, 9.17) is 18.9 Å². The first-order valence-electron chi connectivity index (χ1n) is 13.7. The molecular formula is C28H35F3N4O8S. The fourth-order valence-electron chi connectivity index (χ4n) is 4.57. The molecule has 0 bridgehead atoms. The Balaban J connectivity index is 2.17. The summed E-state index contributed by atoms with van der Waals surface area (Å²) >= 11 is 1.07. The van der Waals surface area contributed by atoms with Crippen molar-refractivity contribution in [1.29, 1.82) is 0 Å². The average molecular weight is 645 g/mol. The molecule has 44 heavy (non-hydrogen) atoms. The van der Waals surface area contributed by atoms with Crippen molar-refractivity contribution in [3.63, 3.8) is 0 Å². The van der Waals surface area contributed by atoms with E-state index in [1.54, 1.807) is 7.05 Å². The second kappa shape index (κ2) is 14.9. The van der Waals surface area contributed by atoms with Gasteiger partial charge >= 0.3 is 17.9 Å². The first kappa shape index (κ1) is 34.8. The van der Waals surface area contributed by atoms with E-state index < -0.39 is 77.0 Å². The summed E-state index contributed by atoms with van der Waals surface area (Å²) in [6.45, 7) is 8.98. The van der Waals surface area contributed by atoms with Crippen molar-refractivity contribution in [1.82, 2.24) is 19.9 Å². The number of thioether (sulfide) groups is 1. The summed E-state index contributed by atoms with van der Waals surface area (Å²) in [4.78, 5) is 51.2. The van der Waals surface area contributed by atoms with Crippen molar-refractivity contribution in [2.24, 2.45) is 5.92 Å². The van der Waals surface area contributed by atoms with Gasteiger partial charge in [-0.25, -0.2) is 17.9 Å². The molecule has 0 spiro atoms. The quantitative estimate of drug-likeness (QED) is 0.202. The van der Waals surface area contributed by atoms with Crippen LogP contribution in [0, 0.1) is 23.4 Å². The van der Waals surface area contributed by atoms with Crippen molar-refractivity contribution >= 4 is 35.6 Å². The summed E-state index contributed by atoms with van der Waals surface area (Å²) in [5.74, 6) is -7.13. The Kier molecular flexibility index (Phi) is 11.8. The first-order valence-corrected chi connectivity index (χ1v) is 14.7. The second-order valence-corrected chi connectivity index (χ2v) is 11.7. The molecule has 2 heterocycles. The lowest BCUT2D eigenvalue weighted by atomic mass is 9.96. The van der Waals surface area contributed by atoms with E-state index >= 15 is 0 Å². The third-order valence-corrected chi connectivity index (χ3v) is 8.43. The van der Waals surface area contributed by atoms with Crippen LogP contribution in [0.15, 0.2) is 18.3 Å². The van der Waals surface area contributed by atoms with Gasteiger partial charge in [-0.05, 0) is 25.0 Å². The van der Waals surface area contributed by atoms with Crippen molar-refractivity contribution in [3.05, 3.63) is 35.8 Å². The summed E-state index contributed by atoms with van der Waals surface area (Å²) in [7, 11) is 1.64. The van der Waals surface area contributed by atoms with Gasteiger partial charge in [0.15, 0.2) is 29.7 Å². The second-order valence-electron chi connectivity index (χ2n) is 10.5. The summed E-state index contributed by atoms with van der Waals surface area (Å²) in [5.41, 5.74) is -1.33. The third kappa shape index (κ3) is 8.28. The molecule has 1 fully saturated rings. The molecule has 0 N–H and O–H groups in total. The maximum atomic E-state index is 14.0. The summed E-state index contributed by atoms with van der Waals surface area (Å²) in [6.07, 6.45) is -2.46. The minimum absolute atomic E-state index is 0.0852. The topological polar surface area (TPSA) is 139 Å². The number of amides is 1. The molecule has 1 unspecified atom stereocenters. The van der Waals surface area contributed by atoms with Gasteiger partial charge in [-0.2, -0.15) is 0 Å². The van der Waals surface area contributed by atoms with Gasteiger partial charge in [0.25, 0.3) is 0 Å². The Bertz CT molecular complexity index is 1350. The number of benzene rings is 1. The number of hydrogen-bond donors (Lipinski definition) is 0. The molecule has 0 saturated carbocycles. The number of esters is 3. The number of nitrogens with zero attached hydrogens (tertiary/aromatic N) is 4. The standard InChI is InChI=1S/C28H35F3N4O8S/c1-8-34(7)27(39)26(13(2)3)44-28-25(42-16(6)38)23(24(41-15(5)37)21(43-28)12-40-14(4)36)35-11-20(32-33-35)17-9-18(29)22(31)19(30)10-17/h9-11,13,21,23-26,28H,8,12H2,1-7H3/t21-,23+,24+,25-,26?,28+/m1/s1. The van der Waals surface area contributed by atoms with Crippen molar-refractivity contribution in [2.75, 3.05) is 20.2 Å². The molecule has 1 aromatic carbocycles. The van der Waals surface area contributed by atoms with Gasteiger partial charge in [0.1, 0.15) is 29.9 Å². The number of hydrogen-bond acceptors (Lipinski definition) is 11. The highest BCUT2D eigenvalue weighted by atomic mass is 32.2. The van der Waals surface area contributed by atoms with Crippen molar-refractivity contribution in [2.45, 2.75) is 76.6 Å². The average Bonchev–Trinajstić information content (AvgIpc) is 3.42. The zero-order valence-corrected chi connectivity index (χ0v) is 26.1. The molecule has 1 saturated heterocycles. The monoisotopic (exact) mass is 644 g/mol. The lowest BCUT2D eigenvalue weighted by Gasteiger charge is -2.45. The van der Waals surface area contributed by atoms with E-state index in [1.807, 2.05) is 20.8 Å². The van der Waals surface area contributed by atoms with Crippen LogP contribution in [0.25, 0.3) is 11.3 Å². The van der Waals surface area contributed by atoms with Crippen LogP contribution in [0.5, 0.6) is 0 Å². The van der Waals surface area contributed by atoms with Crippen molar-refractivity contribution < 1.29 is 51.3 Å². The van der Waals surface area contributed by atoms with E-state index in [1.165, 1.54) is 18.0 Å². The Morgan fingerprint density at radius 3 is 2.14 bits per heavy atom. The summed E-state index contributed by atoms with van der Waals surface area (Å²) < 4.78 is 65.5. The molecule has 1 aliphatic heterocycles. The number of rotatable bonds is 11. The third-order valence-electron chi connectivity index (χ3n) is 6.75. The maximum absolute atomic E-state index is 14.0. The largest absolute Gasteiger partial charge is 0.463 e. The Morgan fingerprint density at radius 2 is 1.61 bits per heavy atom. The molecule has 1 amide bonds. The minimum Gasteiger partial charge on any atom is -0.463 e. The van der Waals surface area contributed by atoms with Gasteiger partial charge in [0, 0.05) is 39.9 Å². The number of aromatic nitrogens is 3. The lowest BCUT2D eigenvalue weighted by molar-refractivity contribution is -0.212. The van der Waals surface area contributed by atoms with Crippen LogP contribution >= 0.6 is 11.8 Å². The maximum Gasteiger partial charge on any atom is 0.303 e. The molecule has 0 radical (unpaired) electrons. The molecule has 3 rings (SSSR count). The van der Waals surface area contributed by atoms with Crippen LogP contribution in [0.1, 0.15) is 47.6 Å². The predicted molar refractivity (Wildman–Crippen MR) is 150 cm³/mol. The van der Waals surface area contributed by atoms with Gasteiger partial charge in [-0.15, -0.1) is 16.9 Å². The molecule has 12 nitrogen and oxygen atoms in total. The smallest absolute Gasteiger partial charge is 0.303 e. The van der Waals surface area contributed by atoms with Gasteiger partial charge in [0.2, 0.25) is 5.91 Å². The van der Waals surface area contributed by atoms with E-state index in [2.05, 4.69) is 10.3 Å².